The van der Waals surface area contributed by atoms with Crippen LogP contribution in [0.5, 0.6) is 5.75 Å². The average molecular weight is 368 g/mol. The number of benzene rings is 2. The first-order valence-electron chi connectivity index (χ1n) is 10.0. The molecule has 0 saturated carbocycles. The molecule has 3 heteroatoms. The quantitative estimate of drug-likeness (QED) is 0.724. The van der Waals surface area contributed by atoms with E-state index in [0.29, 0.717) is 6.04 Å². The van der Waals surface area contributed by atoms with E-state index in [-0.39, 0.29) is 11.0 Å². The van der Waals surface area contributed by atoms with Gasteiger partial charge in [-0.3, -0.25) is 0 Å². The summed E-state index contributed by atoms with van der Waals surface area (Å²) in [5.74, 6) is 0.901. The smallest absolute Gasteiger partial charge is 0.118 e. The largest absolute Gasteiger partial charge is 0.497 e. The number of hydrogen-bond donors (Lipinski definition) is 1. The minimum atomic E-state index is -0.0737. The lowest BCUT2D eigenvalue weighted by Gasteiger charge is -2.45. The molecule has 2 aromatic rings. The Bertz CT molecular complexity index is 711. The molecule has 2 aromatic carbocycles. The predicted octanol–water partition coefficient (Wildman–Crippen LogP) is 5.26. The lowest BCUT2D eigenvalue weighted by Crippen LogP contribution is -2.45. The van der Waals surface area contributed by atoms with Gasteiger partial charge in [-0.15, -0.1) is 0 Å². The van der Waals surface area contributed by atoms with Crippen LogP contribution >= 0.6 is 0 Å². The van der Waals surface area contributed by atoms with Gasteiger partial charge in [-0.25, -0.2) is 0 Å². The van der Waals surface area contributed by atoms with Gasteiger partial charge < -0.3 is 14.8 Å². The van der Waals surface area contributed by atoms with Crippen molar-refractivity contribution < 1.29 is 9.47 Å². The fourth-order valence-corrected chi connectivity index (χ4v) is 4.41. The molecule has 1 saturated heterocycles. The molecule has 1 heterocycles. The zero-order valence-corrected chi connectivity index (χ0v) is 17.1. The van der Waals surface area contributed by atoms with Crippen molar-refractivity contribution in [1.82, 2.24) is 5.32 Å². The van der Waals surface area contributed by atoms with Crippen molar-refractivity contribution in [2.75, 3.05) is 20.3 Å². The van der Waals surface area contributed by atoms with Gasteiger partial charge in [0.2, 0.25) is 0 Å². The zero-order chi connectivity index (χ0) is 19.3. The van der Waals surface area contributed by atoms with Crippen molar-refractivity contribution in [2.24, 2.45) is 0 Å². The minimum absolute atomic E-state index is 0.0737. The SMILES string of the molecule is COc1ccc([C@H](C)NCC[C@@]2(c3ccccc3)CCOC(C)(C)C2)cc1. The van der Waals surface area contributed by atoms with Crippen molar-refractivity contribution >= 4 is 0 Å². The summed E-state index contributed by atoms with van der Waals surface area (Å²) < 4.78 is 11.3. The Kier molecular flexibility index (Phi) is 6.23. The molecule has 3 nitrogen and oxygen atoms in total. The molecule has 0 radical (unpaired) electrons. The van der Waals surface area contributed by atoms with Crippen LogP contribution in [0.1, 0.15) is 57.2 Å². The van der Waals surface area contributed by atoms with Crippen LogP contribution in [0.3, 0.4) is 0 Å². The molecular weight excluding hydrogens is 334 g/mol. The number of rotatable bonds is 7. The zero-order valence-electron chi connectivity index (χ0n) is 17.1. The highest BCUT2D eigenvalue weighted by molar-refractivity contribution is 5.29. The number of ether oxygens (including phenoxy) is 2. The summed E-state index contributed by atoms with van der Waals surface area (Å²) in [6, 6.07) is 19.6. The van der Waals surface area contributed by atoms with Crippen molar-refractivity contribution in [3.8, 4) is 5.75 Å². The summed E-state index contributed by atoms with van der Waals surface area (Å²) in [5.41, 5.74) is 2.84. The van der Waals surface area contributed by atoms with Gasteiger partial charge >= 0.3 is 0 Å². The van der Waals surface area contributed by atoms with Crippen LogP contribution in [-0.2, 0) is 10.2 Å². The normalized spacial score (nSPS) is 23.0. The Balaban J connectivity index is 1.68. The maximum atomic E-state index is 6.03. The van der Waals surface area contributed by atoms with Gasteiger partial charge in [0, 0.05) is 18.1 Å². The lowest BCUT2D eigenvalue weighted by molar-refractivity contribution is -0.0840. The molecule has 0 aliphatic carbocycles. The Morgan fingerprint density at radius 2 is 1.78 bits per heavy atom. The van der Waals surface area contributed by atoms with E-state index in [0.717, 1.165) is 38.2 Å². The first kappa shape index (κ1) is 19.9. The highest BCUT2D eigenvalue weighted by atomic mass is 16.5. The first-order valence-corrected chi connectivity index (χ1v) is 10.0. The molecule has 1 fully saturated rings. The Hall–Kier alpha value is -1.84. The van der Waals surface area contributed by atoms with Crippen molar-refractivity contribution in [2.45, 2.75) is 57.1 Å². The van der Waals surface area contributed by atoms with E-state index in [1.165, 1.54) is 11.1 Å². The molecule has 27 heavy (non-hydrogen) atoms. The lowest BCUT2D eigenvalue weighted by atomic mass is 9.67. The molecule has 1 aliphatic heterocycles. The van der Waals surface area contributed by atoms with E-state index in [1.807, 2.05) is 12.1 Å². The molecule has 1 aliphatic rings. The van der Waals surface area contributed by atoms with Gasteiger partial charge in [0.15, 0.2) is 0 Å². The van der Waals surface area contributed by atoms with Crippen LogP contribution in [0.25, 0.3) is 0 Å². The molecule has 0 spiro atoms. The maximum Gasteiger partial charge on any atom is 0.118 e. The fourth-order valence-electron chi connectivity index (χ4n) is 4.41. The van der Waals surface area contributed by atoms with E-state index >= 15 is 0 Å². The van der Waals surface area contributed by atoms with Crippen LogP contribution in [0.2, 0.25) is 0 Å². The van der Waals surface area contributed by atoms with Gasteiger partial charge in [-0.05, 0) is 69.8 Å². The Labute approximate surface area is 164 Å². The van der Waals surface area contributed by atoms with Gasteiger partial charge in [-0.2, -0.15) is 0 Å². The topological polar surface area (TPSA) is 30.5 Å². The van der Waals surface area contributed by atoms with E-state index in [1.54, 1.807) is 7.11 Å². The van der Waals surface area contributed by atoms with Crippen molar-refractivity contribution in [3.63, 3.8) is 0 Å². The monoisotopic (exact) mass is 367 g/mol. The van der Waals surface area contributed by atoms with E-state index in [9.17, 15) is 0 Å². The second-order valence-corrected chi connectivity index (χ2v) is 8.38. The van der Waals surface area contributed by atoms with Gasteiger partial charge in [0.1, 0.15) is 5.75 Å². The van der Waals surface area contributed by atoms with E-state index in [4.69, 9.17) is 9.47 Å². The van der Waals surface area contributed by atoms with Gasteiger partial charge in [-0.1, -0.05) is 42.5 Å². The van der Waals surface area contributed by atoms with Crippen LogP contribution in [0.4, 0.5) is 0 Å². The highest BCUT2D eigenvalue weighted by Gasteiger charge is 2.41. The van der Waals surface area contributed by atoms with Crippen molar-refractivity contribution in [3.05, 3.63) is 65.7 Å². The average Bonchev–Trinajstić information content (AvgIpc) is 2.68. The summed E-state index contributed by atoms with van der Waals surface area (Å²) in [4.78, 5) is 0. The summed E-state index contributed by atoms with van der Waals surface area (Å²) in [5, 5.41) is 3.72. The van der Waals surface area contributed by atoms with E-state index in [2.05, 4.69) is 68.6 Å². The summed E-state index contributed by atoms with van der Waals surface area (Å²) in [6.45, 7) is 8.48. The molecular formula is C24H33NO2. The third-order valence-corrected chi connectivity index (χ3v) is 5.89. The summed E-state index contributed by atoms with van der Waals surface area (Å²) in [7, 11) is 1.70. The molecule has 2 atom stereocenters. The van der Waals surface area contributed by atoms with E-state index < -0.39 is 0 Å². The summed E-state index contributed by atoms with van der Waals surface area (Å²) >= 11 is 0. The van der Waals surface area contributed by atoms with Crippen LogP contribution in [-0.4, -0.2) is 25.9 Å². The number of methoxy groups -OCH3 is 1. The second kappa shape index (κ2) is 8.45. The third kappa shape index (κ3) is 4.91. The highest BCUT2D eigenvalue weighted by Crippen LogP contribution is 2.43. The molecule has 0 bridgehead atoms. The Morgan fingerprint density at radius 1 is 1.07 bits per heavy atom. The molecule has 146 valence electrons. The number of nitrogens with one attached hydrogen (secondary N) is 1. The Morgan fingerprint density at radius 3 is 2.41 bits per heavy atom. The maximum absolute atomic E-state index is 6.03. The van der Waals surface area contributed by atoms with Gasteiger partial charge in [0.05, 0.1) is 12.7 Å². The van der Waals surface area contributed by atoms with Crippen LogP contribution in [0.15, 0.2) is 54.6 Å². The molecule has 0 unspecified atom stereocenters. The molecule has 3 rings (SSSR count). The van der Waals surface area contributed by atoms with Crippen molar-refractivity contribution in [1.29, 1.82) is 0 Å². The predicted molar refractivity (Wildman–Crippen MR) is 111 cm³/mol. The molecule has 0 aromatic heterocycles. The molecule has 1 N–H and O–H groups in total. The van der Waals surface area contributed by atoms with Crippen LogP contribution in [0, 0.1) is 0 Å². The first-order chi connectivity index (χ1) is 12.9. The third-order valence-electron chi connectivity index (χ3n) is 5.89. The second-order valence-electron chi connectivity index (χ2n) is 8.38. The molecule has 0 amide bonds. The fraction of sp³-hybridized carbons (Fsp3) is 0.500. The minimum Gasteiger partial charge on any atom is -0.497 e. The summed E-state index contributed by atoms with van der Waals surface area (Å²) in [6.07, 6.45) is 3.26. The number of hydrogen-bond acceptors (Lipinski definition) is 3. The standard InChI is InChI=1S/C24H33NO2/c1-19(20-10-12-22(26-4)13-11-20)25-16-14-24(21-8-6-5-7-9-21)15-17-27-23(2,3)18-24/h5-13,19,25H,14-18H2,1-4H3/t19-,24+/m0/s1. The van der Waals surface area contributed by atoms with Gasteiger partial charge in [0.25, 0.3) is 0 Å². The van der Waals surface area contributed by atoms with Crippen LogP contribution < -0.4 is 10.1 Å².